The maximum Gasteiger partial charge on any atom is 0.305 e. The fourth-order valence-corrected chi connectivity index (χ4v) is 7.94. The Bertz CT molecular complexity index is 1410. The number of benzene rings is 1. The molecule has 0 N–H and O–H groups in total. The Morgan fingerprint density at radius 1 is 1.02 bits per heavy atom. The number of aryl methyl sites for hydroxylation is 1. The van der Waals surface area contributed by atoms with Crippen LogP contribution in [0.1, 0.15) is 103 Å². The van der Waals surface area contributed by atoms with Gasteiger partial charge in [0.1, 0.15) is 0 Å². The number of esters is 1. The lowest BCUT2D eigenvalue weighted by Gasteiger charge is -2.35. The quantitative estimate of drug-likeness (QED) is 0.0525. The summed E-state index contributed by atoms with van der Waals surface area (Å²) in [7, 11) is -2.66. The zero-order valence-electron chi connectivity index (χ0n) is 30.6. The topological polar surface area (TPSA) is 107 Å². The zero-order chi connectivity index (χ0) is 36.0. The van der Waals surface area contributed by atoms with Crippen molar-refractivity contribution in [2.45, 2.75) is 141 Å². The van der Waals surface area contributed by atoms with Crippen LogP contribution in [-0.4, -0.2) is 65.6 Å². The number of rotatable bonds is 17. The van der Waals surface area contributed by atoms with E-state index in [1.54, 1.807) is 24.3 Å². The molecule has 0 amide bonds. The first-order chi connectivity index (χ1) is 24.0. The second-order valence-corrected chi connectivity index (χ2v) is 15.9. The van der Waals surface area contributed by atoms with Crippen molar-refractivity contribution in [1.82, 2.24) is 0 Å². The van der Waals surface area contributed by atoms with E-state index in [-0.39, 0.29) is 52.9 Å². The summed E-state index contributed by atoms with van der Waals surface area (Å²) in [6.07, 6.45) is 15.5. The molecule has 3 fully saturated rings. The minimum Gasteiger partial charge on any atom is -0.469 e. The lowest BCUT2D eigenvalue weighted by molar-refractivity contribution is -0.197. The molecule has 0 spiro atoms. The number of allylic oxidation sites excluding steroid dienone is 2. The Kier molecular flexibility index (Phi) is 16.0. The molecule has 1 saturated carbocycles. The molecule has 0 bridgehead atoms. The van der Waals surface area contributed by atoms with Crippen LogP contribution in [0.25, 0.3) is 0 Å². The molecule has 2 unspecified atom stereocenters. The average Bonchev–Trinajstić information content (AvgIpc) is 3.41. The number of unbranched alkanes of at least 4 members (excludes halogenated alkanes) is 1. The molecular weight excluding hydrogens is 656 g/mol. The fraction of sp³-hybridized carbons (Fsp3) is 0.675. The lowest BCUT2D eigenvalue weighted by Crippen LogP contribution is -2.36. The van der Waals surface area contributed by atoms with Gasteiger partial charge in [0, 0.05) is 43.8 Å². The second kappa shape index (κ2) is 19.9. The highest BCUT2D eigenvalue weighted by Gasteiger charge is 2.46. The minimum absolute atomic E-state index is 0.131. The molecule has 10 heteroatoms. The predicted molar refractivity (Wildman–Crippen MR) is 192 cm³/mol. The van der Waals surface area contributed by atoms with Crippen LogP contribution < -0.4 is 0 Å². The van der Waals surface area contributed by atoms with E-state index in [0.717, 1.165) is 44.1 Å². The van der Waals surface area contributed by atoms with Crippen LogP contribution in [0.2, 0.25) is 0 Å². The molecule has 278 valence electrons. The molecular formula is C40H58O9S. The van der Waals surface area contributed by atoms with Gasteiger partial charge in [-0.25, -0.2) is 0 Å². The first-order valence-electron chi connectivity index (χ1n) is 18.4. The zero-order valence-corrected chi connectivity index (χ0v) is 31.5. The van der Waals surface area contributed by atoms with Gasteiger partial charge in [-0.15, -0.1) is 11.8 Å². The van der Waals surface area contributed by atoms with Gasteiger partial charge in [0.25, 0.3) is 10.1 Å². The predicted octanol–water partition coefficient (Wildman–Crippen LogP) is 7.81. The Balaban J connectivity index is 1.66. The van der Waals surface area contributed by atoms with Crippen LogP contribution in [0.5, 0.6) is 0 Å². The van der Waals surface area contributed by atoms with Crippen molar-refractivity contribution in [3.05, 3.63) is 54.1 Å². The highest BCUT2D eigenvalue weighted by molar-refractivity contribution is 7.86. The molecule has 4 rings (SSSR count). The number of hydrogen-bond donors (Lipinski definition) is 0. The first kappa shape index (κ1) is 40.3. The number of hydrogen-bond acceptors (Lipinski definition) is 9. The van der Waals surface area contributed by atoms with Gasteiger partial charge in [0.05, 0.1) is 30.3 Å². The first-order valence-corrected chi connectivity index (χ1v) is 19.8. The van der Waals surface area contributed by atoms with Crippen LogP contribution in [0, 0.1) is 36.0 Å². The molecule has 0 aromatic heterocycles. The van der Waals surface area contributed by atoms with Gasteiger partial charge in [-0.1, -0.05) is 55.8 Å². The third-order valence-electron chi connectivity index (χ3n) is 9.88. The normalized spacial score (nSPS) is 26.9. The fourth-order valence-electron chi connectivity index (χ4n) is 6.81. The van der Waals surface area contributed by atoms with Crippen molar-refractivity contribution in [2.75, 3.05) is 20.3 Å². The summed E-state index contributed by atoms with van der Waals surface area (Å²) < 4.78 is 63.5. The smallest absolute Gasteiger partial charge is 0.305 e. The van der Waals surface area contributed by atoms with E-state index in [4.69, 9.17) is 27.9 Å². The summed E-state index contributed by atoms with van der Waals surface area (Å²) in [6, 6.07) is 6.73. The molecule has 2 saturated heterocycles. The van der Waals surface area contributed by atoms with E-state index in [9.17, 15) is 13.2 Å². The second-order valence-electron chi connectivity index (χ2n) is 14.4. The standard InChI is InChI=1S/C40H58O9S/c1-6-7-26-40(3,4)36(48-39-19-13-15-28-46-39)25-24-33-32(16-10-8-9-11-17-37(41)44-5)35(29-34(33)47-38-18-12-14-27-45-38)49-50(42,43)31-22-20-30(2)21-23-31/h8,10,20-25,32-36,38-39H,9,11-19,26-29H2,1-5H3/t32-,33-,34-,35+,36-,38?,39?/m1/s1. The summed E-state index contributed by atoms with van der Waals surface area (Å²) in [5.41, 5.74) is 0.649. The van der Waals surface area contributed by atoms with Crippen LogP contribution >= 0.6 is 0 Å². The summed E-state index contributed by atoms with van der Waals surface area (Å²) >= 11 is 0. The maximum atomic E-state index is 13.7. The van der Waals surface area contributed by atoms with Crippen molar-refractivity contribution >= 4 is 16.1 Å². The largest absolute Gasteiger partial charge is 0.469 e. The van der Waals surface area contributed by atoms with E-state index in [0.29, 0.717) is 51.7 Å². The van der Waals surface area contributed by atoms with Gasteiger partial charge in [0.2, 0.25) is 0 Å². The van der Waals surface area contributed by atoms with E-state index in [1.165, 1.54) is 7.11 Å². The third kappa shape index (κ3) is 12.3. The SMILES string of the molecule is CC#CCC(C)(C)[C@@H](C=C[C@@H]1[C@@H](CC=CCCCC(=O)OC)[C@@H](OS(=O)(=O)c2ccc(C)cc2)C[C@H]1OC1CCCCO1)OC1CCCCO1. The van der Waals surface area contributed by atoms with Crippen molar-refractivity contribution in [3.8, 4) is 11.8 Å². The molecule has 1 aliphatic carbocycles. The third-order valence-corrected chi connectivity index (χ3v) is 11.2. The van der Waals surface area contributed by atoms with Crippen LogP contribution in [0.4, 0.5) is 0 Å². The van der Waals surface area contributed by atoms with Crippen molar-refractivity contribution < 1.29 is 41.1 Å². The Morgan fingerprint density at radius 3 is 2.36 bits per heavy atom. The van der Waals surface area contributed by atoms with E-state index < -0.39 is 16.2 Å². The molecule has 9 nitrogen and oxygen atoms in total. The molecule has 0 radical (unpaired) electrons. The molecule has 7 atom stereocenters. The van der Waals surface area contributed by atoms with Crippen molar-refractivity contribution in [2.24, 2.45) is 17.3 Å². The summed E-state index contributed by atoms with van der Waals surface area (Å²) in [6.45, 7) is 9.39. The van der Waals surface area contributed by atoms with Crippen molar-refractivity contribution in [3.63, 3.8) is 0 Å². The summed E-state index contributed by atoms with van der Waals surface area (Å²) in [5, 5.41) is 0. The van der Waals surface area contributed by atoms with E-state index in [2.05, 4.69) is 43.9 Å². The highest BCUT2D eigenvalue weighted by Crippen LogP contribution is 2.43. The Labute approximate surface area is 300 Å². The van der Waals surface area contributed by atoms with Gasteiger partial charge in [-0.2, -0.15) is 8.42 Å². The molecule has 2 aliphatic heterocycles. The van der Waals surface area contributed by atoms with E-state index in [1.807, 2.05) is 19.9 Å². The van der Waals surface area contributed by atoms with Gasteiger partial charge in [0.15, 0.2) is 12.6 Å². The lowest BCUT2D eigenvalue weighted by atomic mass is 9.81. The molecule has 2 heterocycles. The van der Waals surface area contributed by atoms with Gasteiger partial charge < -0.3 is 23.7 Å². The minimum atomic E-state index is -4.05. The molecule has 50 heavy (non-hydrogen) atoms. The number of ether oxygens (including phenoxy) is 5. The molecule has 3 aliphatic rings. The van der Waals surface area contributed by atoms with Crippen LogP contribution in [0.15, 0.2) is 53.5 Å². The van der Waals surface area contributed by atoms with Gasteiger partial charge in [-0.3, -0.25) is 8.98 Å². The number of methoxy groups -OCH3 is 1. The summed E-state index contributed by atoms with van der Waals surface area (Å²) in [4.78, 5) is 11.7. The van der Waals surface area contributed by atoms with Gasteiger partial charge in [-0.05, 0) is 89.7 Å². The Hall–Kier alpha value is -2.52. The average molecular weight is 715 g/mol. The van der Waals surface area contributed by atoms with Crippen LogP contribution in [0.3, 0.4) is 0 Å². The number of carbonyl (C=O) groups is 1. The maximum absolute atomic E-state index is 13.7. The van der Waals surface area contributed by atoms with E-state index >= 15 is 0 Å². The van der Waals surface area contributed by atoms with Gasteiger partial charge >= 0.3 is 5.97 Å². The molecule has 1 aromatic rings. The van der Waals surface area contributed by atoms with Crippen molar-refractivity contribution in [1.29, 1.82) is 0 Å². The molecule has 1 aromatic carbocycles. The summed E-state index contributed by atoms with van der Waals surface area (Å²) in [5.74, 6) is 5.63. The number of carbonyl (C=O) groups excluding carboxylic acids is 1. The highest BCUT2D eigenvalue weighted by atomic mass is 32.2. The van der Waals surface area contributed by atoms with Crippen LogP contribution in [-0.2, 0) is 42.8 Å². The Morgan fingerprint density at radius 2 is 1.72 bits per heavy atom. The monoisotopic (exact) mass is 714 g/mol.